The normalized spacial score (nSPS) is 16.0. The zero-order valence-electron chi connectivity index (χ0n) is 22.1. The van der Waals surface area contributed by atoms with Crippen LogP contribution in [0.15, 0.2) is 77.6 Å². The van der Waals surface area contributed by atoms with Gasteiger partial charge in [0.05, 0.1) is 17.6 Å². The van der Waals surface area contributed by atoms with Crippen molar-refractivity contribution in [2.24, 2.45) is 11.3 Å². The third-order valence-electron chi connectivity index (χ3n) is 8.21. The summed E-state index contributed by atoms with van der Waals surface area (Å²) in [5.41, 5.74) is 1.72. The molecule has 5 nitrogen and oxygen atoms in total. The Morgan fingerprint density at radius 1 is 0.947 bits per heavy atom. The lowest BCUT2D eigenvalue weighted by Crippen LogP contribution is -2.52. The molecule has 196 valence electrons. The highest BCUT2D eigenvalue weighted by atomic mass is 35.5. The van der Waals surface area contributed by atoms with Crippen LogP contribution >= 0.6 is 11.6 Å². The van der Waals surface area contributed by atoms with Crippen LogP contribution in [0.3, 0.4) is 0 Å². The van der Waals surface area contributed by atoms with Gasteiger partial charge in [0.25, 0.3) is 5.56 Å². The number of hydrogen-bond donors (Lipinski definition) is 1. The fourth-order valence-corrected chi connectivity index (χ4v) is 6.59. The molecule has 0 saturated heterocycles. The van der Waals surface area contributed by atoms with E-state index in [-0.39, 0.29) is 18.0 Å². The van der Waals surface area contributed by atoms with Crippen LogP contribution in [0.4, 0.5) is 0 Å². The van der Waals surface area contributed by atoms with Gasteiger partial charge in [-0.3, -0.25) is 9.59 Å². The van der Waals surface area contributed by atoms with Gasteiger partial charge in [-0.2, -0.15) is 5.10 Å². The van der Waals surface area contributed by atoms with E-state index in [1.165, 1.54) is 4.68 Å². The van der Waals surface area contributed by atoms with Crippen LogP contribution < -0.4 is 5.56 Å². The van der Waals surface area contributed by atoms with Gasteiger partial charge in [-0.25, -0.2) is 4.68 Å². The van der Waals surface area contributed by atoms with Crippen molar-refractivity contribution in [1.29, 1.82) is 0 Å². The summed E-state index contributed by atoms with van der Waals surface area (Å²) < 4.78 is 1.49. The van der Waals surface area contributed by atoms with Crippen molar-refractivity contribution >= 4 is 28.3 Å². The number of halogens is 1. The quantitative estimate of drug-likeness (QED) is 0.284. The summed E-state index contributed by atoms with van der Waals surface area (Å²) in [4.78, 5) is 26.3. The third kappa shape index (κ3) is 4.43. The molecule has 4 aromatic rings. The summed E-state index contributed by atoms with van der Waals surface area (Å²) in [6, 6.07) is 22.7. The molecule has 1 saturated carbocycles. The maximum absolute atomic E-state index is 13.4. The number of nitrogens with zero attached hydrogens (tertiary/aromatic N) is 2. The first-order chi connectivity index (χ1) is 18.1. The van der Waals surface area contributed by atoms with E-state index >= 15 is 0 Å². The van der Waals surface area contributed by atoms with Crippen molar-refractivity contribution in [2.45, 2.75) is 58.4 Å². The van der Waals surface area contributed by atoms with Crippen LogP contribution in [0, 0.1) is 11.3 Å². The summed E-state index contributed by atoms with van der Waals surface area (Å²) in [6.45, 7) is 6.38. The highest BCUT2D eigenvalue weighted by molar-refractivity contribution is 6.30. The van der Waals surface area contributed by atoms with Crippen LogP contribution in [0.1, 0.15) is 57.6 Å². The molecule has 0 amide bonds. The van der Waals surface area contributed by atoms with Crippen LogP contribution in [-0.2, 0) is 16.8 Å². The molecule has 1 heterocycles. The second kappa shape index (κ2) is 10.0. The lowest BCUT2D eigenvalue weighted by atomic mass is 9.55. The summed E-state index contributed by atoms with van der Waals surface area (Å²) >= 11 is 6.10. The predicted molar refractivity (Wildman–Crippen MR) is 153 cm³/mol. The molecule has 0 aliphatic heterocycles. The Hall–Kier alpha value is -3.44. The SMILES string of the molecule is CC(C)(C)C(C(=O)O)(c1ccc(Cn2nc(-c3ccc(Cl)cc3)c3ccccc3c2=O)cc1)C1CCCC1. The van der Waals surface area contributed by atoms with Crippen LogP contribution in [0.5, 0.6) is 0 Å². The molecule has 1 aromatic heterocycles. The number of fused-ring (bicyclic) bond motifs is 1. The molecule has 3 aromatic carbocycles. The van der Waals surface area contributed by atoms with Crippen molar-refractivity contribution in [3.05, 3.63) is 99.3 Å². The van der Waals surface area contributed by atoms with Gasteiger partial charge >= 0.3 is 5.97 Å². The second-order valence-electron chi connectivity index (χ2n) is 11.4. The Morgan fingerprint density at radius 2 is 1.55 bits per heavy atom. The zero-order valence-corrected chi connectivity index (χ0v) is 22.8. The number of hydrogen-bond acceptors (Lipinski definition) is 3. The molecule has 1 aliphatic carbocycles. The topological polar surface area (TPSA) is 72.2 Å². The Morgan fingerprint density at radius 3 is 2.13 bits per heavy atom. The summed E-state index contributed by atoms with van der Waals surface area (Å²) in [7, 11) is 0. The Bertz CT molecular complexity index is 1530. The minimum Gasteiger partial charge on any atom is -0.481 e. The smallest absolute Gasteiger partial charge is 0.314 e. The summed E-state index contributed by atoms with van der Waals surface area (Å²) in [5.74, 6) is -0.665. The van der Waals surface area contributed by atoms with Gasteiger partial charge in [0.1, 0.15) is 5.41 Å². The molecule has 0 radical (unpaired) electrons. The average molecular weight is 529 g/mol. The van der Waals surface area contributed by atoms with Crippen molar-refractivity contribution in [3.63, 3.8) is 0 Å². The van der Waals surface area contributed by atoms with Gasteiger partial charge in [0, 0.05) is 16.0 Å². The van der Waals surface area contributed by atoms with E-state index in [4.69, 9.17) is 16.7 Å². The first-order valence-electron chi connectivity index (χ1n) is 13.2. The van der Waals surface area contributed by atoms with Crippen molar-refractivity contribution in [3.8, 4) is 11.3 Å². The van der Waals surface area contributed by atoms with E-state index in [0.29, 0.717) is 16.1 Å². The monoisotopic (exact) mass is 528 g/mol. The van der Waals surface area contributed by atoms with Crippen LogP contribution in [0.2, 0.25) is 5.02 Å². The number of carboxylic acid groups (broad SMARTS) is 1. The van der Waals surface area contributed by atoms with E-state index in [0.717, 1.165) is 47.8 Å². The van der Waals surface area contributed by atoms with E-state index < -0.39 is 16.8 Å². The Labute approximate surface area is 228 Å². The molecule has 1 fully saturated rings. The highest BCUT2D eigenvalue weighted by Crippen LogP contribution is 2.52. The maximum atomic E-state index is 13.4. The molecule has 1 atom stereocenters. The summed E-state index contributed by atoms with van der Waals surface area (Å²) in [5, 5.41) is 17.4. The largest absolute Gasteiger partial charge is 0.481 e. The van der Waals surface area contributed by atoms with Gasteiger partial charge < -0.3 is 5.11 Å². The number of aliphatic carboxylic acids is 1. The van der Waals surface area contributed by atoms with Gasteiger partial charge in [0.15, 0.2) is 0 Å². The molecule has 38 heavy (non-hydrogen) atoms. The summed E-state index contributed by atoms with van der Waals surface area (Å²) in [6.07, 6.45) is 3.99. The Kier molecular flexibility index (Phi) is 6.91. The van der Waals surface area contributed by atoms with E-state index in [1.54, 1.807) is 0 Å². The van der Waals surface area contributed by atoms with Gasteiger partial charge in [0.2, 0.25) is 0 Å². The lowest BCUT2D eigenvalue weighted by molar-refractivity contribution is -0.152. The fraction of sp³-hybridized carbons (Fsp3) is 0.344. The van der Waals surface area contributed by atoms with Crippen molar-refractivity contribution in [2.75, 3.05) is 0 Å². The number of benzene rings is 3. The maximum Gasteiger partial charge on any atom is 0.314 e. The fourth-order valence-electron chi connectivity index (χ4n) is 6.47. The molecule has 0 bridgehead atoms. The van der Waals surface area contributed by atoms with Crippen LogP contribution in [-0.4, -0.2) is 20.9 Å². The van der Waals surface area contributed by atoms with Crippen molar-refractivity contribution in [1.82, 2.24) is 9.78 Å². The number of aromatic nitrogens is 2. The molecular formula is C32H33ClN2O3. The molecule has 1 aliphatic rings. The molecule has 6 heteroatoms. The van der Waals surface area contributed by atoms with Gasteiger partial charge in [-0.05, 0) is 53.5 Å². The van der Waals surface area contributed by atoms with E-state index in [1.807, 2.05) is 93.6 Å². The van der Waals surface area contributed by atoms with E-state index in [2.05, 4.69) is 0 Å². The molecular weight excluding hydrogens is 496 g/mol. The van der Waals surface area contributed by atoms with E-state index in [9.17, 15) is 14.7 Å². The number of carboxylic acids is 1. The first-order valence-corrected chi connectivity index (χ1v) is 13.6. The Balaban J connectivity index is 1.56. The van der Waals surface area contributed by atoms with Crippen molar-refractivity contribution < 1.29 is 9.90 Å². The lowest BCUT2D eigenvalue weighted by Gasteiger charge is -2.46. The van der Waals surface area contributed by atoms with Crippen LogP contribution in [0.25, 0.3) is 22.0 Å². The predicted octanol–water partition coefficient (Wildman–Crippen LogP) is 7.32. The second-order valence-corrected chi connectivity index (χ2v) is 11.8. The van der Waals surface area contributed by atoms with Gasteiger partial charge in [-0.1, -0.05) is 99.8 Å². The minimum absolute atomic E-state index is 0.0950. The average Bonchev–Trinajstić information content (AvgIpc) is 3.41. The third-order valence-corrected chi connectivity index (χ3v) is 8.47. The molecule has 1 N–H and O–H groups in total. The van der Waals surface area contributed by atoms with Gasteiger partial charge in [-0.15, -0.1) is 0 Å². The zero-order chi connectivity index (χ0) is 27.1. The minimum atomic E-state index is -0.970. The molecule has 0 spiro atoms. The highest BCUT2D eigenvalue weighted by Gasteiger charge is 2.55. The standard InChI is InChI=1S/C32H33ClN2O3/c1-31(2,3)32(30(37)38,23-8-4-5-9-23)24-16-12-21(13-17-24)20-35-29(36)27-11-7-6-10-26(27)28(34-35)22-14-18-25(33)19-15-22/h6-7,10-19,23H,4-5,8-9,20H2,1-3H3,(H,37,38). The molecule has 5 rings (SSSR count). The first kappa shape index (κ1) is 26.2. The number of carbonyl (C=O) groups is 1. The molecule has 1 unspecified atom stereocenters. The number of rotatable bonds is 6.